The second kappa shape index (κ2) is 5.21. The number of aryl methyl sites for hydroxylation is 1. The highest BCUT2D eigenvalue weighted by Gasteiger charge is 2.28. The molecule has 1 unspecified atom stereocenters. The Kier molecular flexibility index (Phi) is 3.87. The summed E-state index contributed by atoms with van der Waals surface area (Å²) in [6, 6.07) is 5.81. The van der Waals surface area contributed by atoms with Crippen LogP contribution in [-0.2, 0) is 0 Å². The smallest absolute Gasteiger partial charge is 0.252 e. The lowest BCUT2D eigenvalue weighted by molar-refractivity contribution is 0.0946. The third kappa shape index (κ3) is 3.32. The van der Waals surface area contributed by atoms with E-state index in [2.05, 4.69) is 28.2 Å². The average molecular weight is 296 g/mol. The lowest BCUT2D eigenvalue weighted by Gasteiger charge is -2.12. The number of nitrogens with one attached hydrogen (secondary N) is 1. The van der Waals surface area contributed by atoms with Gasteiger partial charge in [0.1, 0.15) is 0 Å². The van der Waals surface area contributed by atoms with E-state index >= 15 is 0 Å². The van der Waals surface area contributed by atoms with Gasteiger partial charge in [-0.25, -0.2) is 0 Å². The first-order valence-electron chi connectivity index (χ1n) is 6.12. The third-order valence-electron chi connectivity index (χ3n) is 3.38. The fourth-order valence-electron chi connectivity index (χ4n) is 1.99. The largest absolute Gasteiger partial charge is 0.352 e. The first-order chi connectivity index (χ1) is 8.08. The van der Waals surface area contributed by atoms with E-state index in [1.165, 1.54) is 12.8 Å². The Hall–Kier alpha value is -0.830. The second-order valence-corrected chi connectivity index (χ2v) is 5.86. The van der Waals surface area contributed by atoms with Gasteiger partial charge in [-0.2, -0.15) is 0 Å². The van der Waals surface area contributed by atoms with Crippen LogP contribution in [0.5, 0.6) is 0 Å². The number of halogens is 1. The molecule has 0 aromatic heterocycles. The van der Waals surface area contributed by atoms with Crippen molar-refractivity contribution >= 4 is 21.8 Å². The van der Waals surface area contributed by atoms with Gasteiger partial charge in [-0.1, -0.05) is 13.0 Å². The Morgan fingerprint density at radius 1 is 1.53 bits per heavy atom. The van der Waals surface area contributed by atoms with Crippen molar-refractivity contribution in [2.75, 3.05) is 6.54 Å². The maximum absolute atomic E-state index is 12.0. The molecule has 1 aromatic rings. The fraction of sp³-hybridized carbons (Fsp3) is 0.500. The molecule has 1 N–H and O–H groups in total. The molecule has 0 spiro atoms. The van der Waals surface area contributed by atoms with Gasteiger partial charge in [-0.3, -0.25) is 4.79 Å². The van der Waals surface area contributed by atoms with Gasteiger partial charge in [0, 0.05) is 11.0 Å². The van der Waals surface area contributed by atoms with Gasteiger partial charge >= 0.3 is 0 Å². The first kappa shape index (κ1) is 12.6. The number of hydrogen-bond donors (Lipinski definition) is 1. The van der Waals surface area contributed by atoms with E-state index in [0.29, 0.717) is 5.92 Å². The zero-order valence-corrected chi connectivity index (χ0v) is 11.9. The zero-order chi connectivity index (χ0) is 12.4. The molecule has 1 amide bonds. The maximum atomic E-state index is 12.0. The van der Waals surface area contributed by atoms with E-state index in [1.807, 2.05) is 25.1 Å². The number of amides is 1. The number of hydrogen-bond acceptors (Lipinski definition) is 1. The molecule has 0 saturated heterocycles. The molecule has 1 aliphatic rings. The second-order valence-electron chi connectivity index (χ2n) is 5.01. The van der Waals surface area contributed by atoms with Crippen LogP contribution in [0.2, 0.25) is 0 Å². The van der Waals surface area contributed by atoms with E-state index in [4.69, 9.17) is 0 Å². The van der Waals surface area contributed by atoms with Crippen molar-refractivity contribution in [3.63, 3.8) is 0 Å². The van der Waals surface area contributed by atoms with Gasteiger partial charge in [-0.05, 0) is 65.2 Å². The minimum absolute atomic E-state index is 0.0179. The molecule has 0 radical (unpaired) electrons. The van der Waals surface area contributed by atoms with Crippen LogP contribution in [0.1, 0.15) is 35.7 Å². The van der Waals surface area contributed by atoms with Crippen molar-refractivity contribution in [3.05, 3.63) is 33.8 Å². The maximum Gasteiger partial charge on any atom is 0.252 e. The van der Waals surface area contributed by atoms with Gasteiger partial charge in [0.25, 0.3) is 5.91 Å². The summed E-state index contributed by atoms with van der Waals surface area (Å²) in [5.74, 6) is 1.45. The van der Waals surface area contributed by atoms with Crippen molar-refractivity contribution < 1.29 is 4.79 Å². The Morgan fingerprint density at radius 2 is 2.24 bits per heavy atom. The monoisotopic (exact) mass is 295 g/mol. The number of carbonyl (C=O) groups excluding carboxylic acids is 1. The van der Waals surface area contributed by atoms with Gasteiger partial charge in [0.15, 0.2) is 0 Å². The molecule has 0 heterocycles. The minimum atomic E-state index is 0.0179. The summed E-state index contributed by atoms with van der Waals surface area (Å²) in [7, 11) is 0. The van der Waals surface area contributed by atoms with E-state index in [0.717, 1.165) is 28.1 Å². The summed E-state index contributed by atoms with van der Waals surface area (Å²) in [6.45, 7) is 5.01. The molecule has 3 heteroatoms. The lowest BCUT2D eigenvalue weighted by Crippen LogP contribution is -2.29. The minimum Gasteiger partial charge on any atom is -0.352 e. The molecule has 1 fully saturated rings. The van der Waals surface area contributed by atoms with Crippen LogP contribution in [0, 0.1) is 18.8 Å². The molecular formula is C14H18BrNO. The van der Waals surface area contributed by atoms with Crippen LogP contribution in [-0.4, -0.2) is 12.5 Å². The summed E-state index contributed by atoms with van der Waals surface area (Å²) < 4.78 is 0.870. The summed E-state index contributed by atoms with van der Waals surface area (Å²) >= 11 is 3.44. The molecule has 1 atom stereocenters. The molecule has 0 bridgehead atoms. The van der Waals surface area contributed by atoms with Crippen LogP contribution < -0.4 is 5.32 Å². The molecule has 2 nitrogen and oxygen atoms in total. The highest BCUT2D eigenvalue weighted by molar-refractivity contribution is 9.10. The van der Waals surface area contributed by atoms with Crippen molar-refractivity contribution in [3.8, 4) is 0 Å². The average Bonchev–Trinajstić information content (AvgIpc) is 3.09. The predicted octanol–water partition coefficient (Wildman–Crippen LogP) is 3.53. The van der Waals surface area contributed by atoms with E-state index < -0.39 is 0 Å². The van der Waals surface area contributed by atoms with Gasteiger partial charge < -0.3 is 5.32 Å². The zero-order valence-electron chi connectivity index (χ0n) is 10.3. The molecule has 2 rings (SSSR count). The predicted molar refractivity (Wildman–Crippen MR) is 73.1 cm³/mol. The quantitative estimate of drug-likeness (QED) is 0.904. The Bertz CT molecular complexity index is 426. The number of rotatable bonds is 4. The Balaban J connectivity index is 1.94. The van der Waals surface area contributed by atoms with Crippen LogP contribution in [0.25, 0.3) is 0 Å². The molecule has 1 aromatic carbocycles. The summed E-state index contributed by atoms with van der Waals surface area (Å²) in [5, 5.41) is 3.01. The summed E-state index contributed by atoms with van der Waals surface area (Å²) in [6.07, 6.45) is 2.65. The molecule has 1 saturated carbocycles. The molecule has 0 aliphatic heterocycles. The van der Waals surface area contributed by atoms with E-state index in [9.17, 15) is 4.79 Å². The Morgan fingerprint density at radius 3 is 2.82 bits per heavy atom. The molecular weight excluding hydrogens is 278 g/mol. The number of benzene rings is 1. The molecule has 92 valence electrons. The van der Waals surface area contributed by atoms with E-state index in [-0.39, 0.29) is 5.91 Å². The van der Waals surface area contributed by atoms with Crippen LogP contribution in [0.15, 0.2) is 22.7 Å². The fourth-order valence-corrected chi connectivity index (χ4v) is 2.66. The highest BCUT2D eigenvalue weighted by Crippen LogP contribution is 2.36. The first-order valence-corrected chi connectivity index (χ1v) is 6.91. The summed E-state index contributed by atoms with van der Waals surface area (Å²) in [4.78, 5) is 12.0. The van der Waals surface area contributed by atoms with Gasteiger partial charge in [0.05, 0.1) is 5.56 Å². The highest BCUT2D eigenvalue weighted by atomic mass is 79.9. The topological polar surface area (TPSA) is 29.1 Å². The third-order valence-corrected chi connectivity index (χ3v) is 4.04. The standard InChI is InChI=1S/C14H18BrNO/c1-9-3-6-12(13(15)7-9)14(17)16-8-10(2)11-4-5-11/h3,6-7,10-11H,4-5,8H2,1-2H3,(H,16,17). The van der Waals surface area contributed by atoms with Crippen LogP contribution in [0.3, 0.4) is 0 Å². The summed E-state index contributed by atoms with van der Waals surface area (Å²) in [5.41, 5.74) is 1.87. The van der Waals surface area contributed by atoms with Crippen LogP contribution in [0.4, 0.5) is 0 Å². The molecule has 17 heavy (non-hydrogen) atoms. The van der Waals surface area contributed by atoms with Gasteiger partial charge in [-0.15, -0.1) is 0 Å². The SMILES string of the molecule is Cc1ccc(C(=O)NCC(C)C2CC2)c(Br)c1. The van der Waals surface area contributed by atoms with Crippen molar-refractivity contribution in [2.45, 2.75) is 26.7 Å². The Labute approximate surface area is 111 Å². The van der Waals surface area contributed by atoms with Crippen molar-refractivity contribution in [1.29, 1.82) is 0 Å². The van der Waals surface area contributed by atoms with E-state index in [1.54, 1.807) is 0 Å². The lowest BCUT2D eigenvalue weighted by atomic mass is 10.1. The van der Waals surface area contributed by atoms with Crippen molar-refractivity contribution in [2.24, 2.45) is 11.8 Å². The van der Waals surface area contributed by atoms with Crippen molar-refractivity contribution in [1.82, 2.24) is 5.32 Å². The van der Waals surface area contributed by atoms with Gasteiger partial charge in [0.2, 0.25) is 0 Å². The van der Waals surface area contributed by atoms with Crippen LogP contribution >= 0.6 is 15.9 Å². The normalized spacial score (nSPS) is 16.6. The molecule has 1 aliphatic carbocycles. The number of carbonyl (C=O) groups is 1.